The molecule has 1 aromatic heterocycles. The molecule has 1 amide bonds. The second-order valence-corrected chi connectivity index (χ2v) is 5.78. The highest BCUT2D eigenvalue weighted by atomic mass is 16.1. The van der Waals surface area contributed by atoms with E-state index in [4.69, 9.17) is 0 Å². The van der Waals surface area contributed by atoms with E-state index in [9.17, 15) is 4.79 Å². The Kier molecular flexibility index (Phi) is 3.71. The maximum Gasteiger partial charge on any atom is 0.224 e. The lowest BCUT2D eigenvalue weighted by Gasteiger charge is -2.08. The van der Waals surface area contributed by atoms with E-state index < -0.39 is 0 Å². The maximum absolute atomic E-state index is 12.3. The first kappa shape index (κ1) is 14.5. The van der Waals surface area contributed by atoms with Crippen molar-refractivity contribution < 1.29 is 4.79 Å². The van der Waals surface area contributed by atoms with Crippen LogP contribution in [0.1, 0.15) is 12.2 Å². The summed E-state index contributed by atoms with van der Waals surface area (Å²) in [4.78, 5) is 20.1. The van der Waals surface area contributed by atoms with E-state index in [0.717, 1.165) is 33.3 Å². The lowest BCUT2D eigenvalue weighted by molar-refractivity contribution is -0.116. The first-order valence-electron chi connectivity index (χ1n) is 8.01. The van der Waals surface area contributed by atoms with Gasteiger partial charge in [0, 0.05) is 23.9 Å². The molecule has 4 aromatic rings. The molecule has 0 spiro atoms. The number of imidazole rings is 1. The van der Waals surface area contributed by atoms with Gasteiger partial charge in [0.2, 0.25) is 5.91 Å². The fourth-order valence-corrected chi connectivity index (χ4v) is 2.90. The van der Waals surface area contributed by atoms with Gasteiger partial charge in [0.05, 0.1) is 11.0 Å². The van der Waals surface area contributed by atoms with Crippen LogP contribution in [0.15, 0.2) is 66.7 Å². The van der Waals surface area contributed by atoms with Gasteiger partial charge < -0.3 is 10.3 Å². The molecule has 4 rings (SSSR count). The molecule has 0 saturated carbocycles. The third-order valence-corrected chi connectivity index (χ3v) is 4.09. The van der Waals surface area contributed by atoms with Crippen molar-refractivity contribution in [3.8, 4) is 0 Å². The normalized spacial score (nSPS) is 11.0. The number of nitrogens with one attached hydrogen (secondary N) is 2. The van der Waals surface area contributed by atoms with Crippen molar-refractivity contribution in [2.75, 3.05) is 5.32 Å². The minimum absolute atomic E-state index is 0.00758. The third-order valence-electron chi connectivity index (χ3n) is 4.09. The fourth-order valence-electron chi connectivity index (χ4n) is 2.90. The number of carbonyl (C=O) groups excluding carboxylic acids is 1. The number of carbonyl (C=O) groups is 1. The van der Waals surface area contributed by atoms with E-state index in [0.29, 0.717) is 12.8 Å². The van der Waals surface area contributed by atoms with Crippen molar-refractivity contribution in [1.29, 1.82) is 0 Å². The summed E-state index contributed by atoms with van der Waals surface area (Å²) in [5.74, 6) is 0.830. The minimum Gasteiger partial charge on any atom is -0.342 e. The minimum atomic E-state index is -0.00758. The van der Waals surface area contributed by atoms with Crippen LogP contribution in [-0.4, -0.2) is 15.9 Å². The number of hydrogen-bond donors (Lipinski definition) is 2. The zero-order chi connectivity index (χ0) is 16.4. The molecule has 1 heterocycles. The standard InChI is InChI=1S/C20H17N3O/c24-20(13-12-19-21-17-9-3-4-10-18(17)22-19)23-16-11-5-7-14-6-1-2-8-15(14)16/h1-11H,12-13H2,(H,21,22)(H,23,24). The molecule has 0 saturated heterocycles. The molecule has 2 N–H and O–H groups in total. The van der Waals surface area contributed by atoms with Crippen molar-refractivity contribution in [2.45, 2.75) is 12.8 Å². The highest BCUT2D eigenvalue weighted by Gasteiger charge is 2.08. The lowest BCUT2D eigenvalue weighted by atomic mass is 10.1. The molecule has 24 heavy (non-hydrogen) atoms. The molecular formula is C20H17N3O. The van der Waals surface area contributed by atoms with Crippen LogP contribution in [0.5, 0.6) is 0 Å². The van der Waals surface area contributed by atoms with Gasteiger partial charge in [-0.1, -0.05) is 48.5 Å². The van der Waals surface area contributed by atoms with Gasteiger partial charge in [-0.15, -0.1) is 0 Å². The van der Waals surface area contributed by atoms with Crippen molar-refractivity contribution >= 4 is 33.4 Å². The van der Waals surface area contributed by atoms with Gasteiger partial charge in [-0.2, -0.15) is 0 Å². The van der Waals surface area contributed by atoms with Gasteiger partial charge in [0.25, 0.3) is 0 Å². The maximum atomic E-state index is 12.3. The molecule has 4 heteroatoms. The topological polar surface area (TPSA) is 57.8 Å². The number of benzene rings is 3. The Labute approximate surface area is 139 Å². The molecule has 4 nitrogen and oxygen atoms in total. The molecule has 0 unspecified atom stereocenters. The van der Waals surface area contributed by atoms with E-state index in [2.05, 4.69) is 15.3 Å². The summed E-state index contributed by atoms with van der Waals surface area (Å²) in [5.41, 5.74) is 2.78. The number of amides is 1. The number of para-hydroxylation sites is 2. The lowest BCUT2D eigenvalue weighted by Crippen LogP contribution is -2.12. The third kappa shape index (κ3) is 2.86. The largest absolute Gasteiger partial charge is 0.342 e. The van der Waals surface area contributed by atoms with Crippen LogP contribution in [0.3, 0.4) is 0 Å². The van der Waals surface area contributed by atoms with Crippen LogP contribution < -0.4 is 5.32 Å². The number of nitrogens with zero attached hydrogens (tertiary/aromatic N) is 1. The van der Waals surface area contributed by atoms with Crippen LogP contribution in [0.25, 0.3) is 21.8 Å². The summed E-state index contributed by atoms with van der Waals surface area (Å²) in [6, 6.07) is 21.8. The predicted molar refractivity (Wildman–Crippen MR) is 97.0 cm³/mol. The number of aromatic amines is 1. The second-order valence-electron chi connectivity index (χ2n) is 5.78. The number of anilines is 1. The molecule has 0 atom stereocenters. The summed E-state index contributed by atoms with van der Waals surface area (Å²) in [5, 5.41) is 5.18. The number of H-pyrrole nitrogens is 1. The summed E-state index contributed by atoms with van der Waals surface area (Å²) in [7, 11) is 0. The number of rotatable bonds is 4. The Balaban J connectivity index is 1.46. The first-order valence-corrected chi connectivity index (χ1v) is 8.01. The highest BCUT2D eigenvalue weighted by molar-refractivity contribution is 6.02. The number of fused-ring (bicyclic) bond motifs is 2. The average molecular weight is 315 g/mol. The Morgan fingerprint density at radius 2 is 1.75 bits per heavy atom. The zero-order valence-electron chi connectivity index (χ0n) is 13.1. The van der Waals surface area contributed by atoms with Crippen molar-refractivity contribution in [2.24, 2.45) is 0 Å². The Morgan fingerprint density at radius 3 is 2.67 bits per heavy atom. The fraction of sp³-hybridized carbons (Fsp3) is 0.100. The molecule has 118 valence electrons. The predicted octanol–water partition coefficient (Wildman–Crippen LogP) is 4.29. The number of aryl methyl sites for hydroxylation is 1. The molecule has 0 aliphatic carbocycles. The van der Waals surface area contributed by atoms with E-state index in [1.54, 1.807) is 0 Å². The van der Waals surface area contributed by atoms with Crippen molar-refractivity contribution in [3.63, 3.8) is 0 Å². The summed E-state index contributed by atoms with van der Waals surface area (Å²) in [6.45, 7) is 0. The molecule has 0 aliphatic rings. The number of aromatic nitrogens is 2. The second kappa shape index (κ2) is 6.16. The van der Waals surface area contributed by atoms with E-state index in [1.807, 2.05) is 66.7 Å². The smallest absolute Gasteiger partial charge is 0.224 e. The Hall–Kier alpha value is -3.14. The summed E-state index contributed by atoms with van der Waals surface area (Å²) in [6.07, 6.45) is 0.980. The average Bonchev–Trinajstić information content (AvgIpc) is 3.03. The molecule has 0 fully saturated rings. The van der Waals surface area contributed by atoms with Gasteiger partial charge in [0.1, 0.15) is 5.82 Å². The quantitative estimate of drug-likeness (QED) is 0.590. The van der Waals surface area contributed by atoms with Gasteiger partial charge >= 0.3 is 0 Å². The van der Waals surface area contributed by atoms with E-state index in [1.165, 1.54) is 0 Å². The van der Waals surface area contributed by atoms with Crippen LogP contribution >= 0.6 is 0 Å². The molecular weight excluding hydrogens is 298 g/mol. The molecule has 0 radical (unpaired) electrons. The van der Waals surface area contributed by atoms with Crippen molar-refractivity contribution in [1.82, 2.24) is 9.97 Å². The van der Waals surface area contributed by atoms with Crippen molar-refractivity contribution in [3.05, 3.63) is 72.6 Å². The van der Waals surface area contributed by atoms with Crippen LogP contribution in [0, 0.1) is 0 Å². The van der Waals surface area contributed by atoms with E-state index in [-0.39, 0.29) is 5.91 Å². The summed E-state index contributed by atoms with van der Waals surface area (Å²) < 4.78 is 0. The first-order chi connectivity index (χ1) is 11.8. The van der Waals surface area contributed by atoms with Crippen LogP contribution in [0.2, 0.25) is 0 Å². The van der Waals surface area contributed by atoms with Gasteiger partial charge in [-0.3, -0.25) is 4.79 Å². The van der Waals surface area contributed by atoms with Crippen LogP contribution in [0.4, 0.5) is 5.69 Å². The monoisotopic (exact) mass is 315 g/mol. The molecule has 0 bridgehead atoms. The zero-order valence-corrected chi connectivity index (χ0v) is 13.1. The van der Waals surface area contributed by atoms with Gasteiger partial charge in [-0.05, 0) is 23.6 Å². The van der Waals surface area contributed by atoms with E-state index >= 15 is 0 Å². The molecule has 3 aromatic carbocycles. The van der Waals surface area contributed by atoms with Gasteiger partial charge in [-0.25, -0.2) is 4.98 Å². The van der Waals surface area contributed by atoms with Crippen LogP contribution in [-0.2, 0) is 11.2 Å². The Morgan fingerprint density at radius 1 is 0.958 bits per heavy atom. The molecule has 0 aliphatic heterocycles. The SMILES string of the molecule is O=C(CCc1nc2ccccc2[nH]1)Nc1cccc2ccccc12. The number of hydrogen-bond acceptors (Lipinski definition) is 2. The summed E-state index contributed by atoms with van der Waals surface area (Å²) >= 11 is 0. The Bertz CT molecular complexity index is 981. The van der Waals surface area contributed by atoms with Gasteiger partial charge in [0.15, 0.2) is 0 Å². The highest BCUT2D eigenvalue weighted by Crippen LogP contribution is 2.23.